The summed E-state index contributed by atoms with van der Waals surface area (Å²) in [4.78, 5) is 2.31. The average Bonchev–Trinajstić information content (AvgIpc) is 2.51. The number of methoxy groups -OCH3 is 1. The van der Waals surface area contributed by atoms with Crippen molar-refractivity contribution in [3.8, 4) is 11.5 Å². The van der Waals surface area contributed by atoms with Crippen molar-refractivity contribution in [1.29, 1.82) is 0 Å². The van der Waals surface area contributed by atoms with Crippen LogP contribution in [0.1, 0.15) is 25.5 Å². The maximum Gasteiger partial charge on any atom is 0.162 e. The van der Waals surface area contributed by atoms with E-state index < -0.39 is 0 Å². The molecule has 7 heteroatoms. The van der Waals surface area contributed by atoms with E-state index in [1.165, 1.54) is 0 Å². The van der Waals surface area contributed by atoms with E-state index in [2.05, 4.69) is 26.1 Å². The number of nitrogens with one attached hydrogen (secondary N) is 1. The first-order valence-corrected chi connectivity index (χ1v) is 8.32. The molecule has 5 nitrogen and oxygen atoms in total. The van der Waals surface area contributed by atoms with E-state index in [0.717, 1.165) is 36.2 Å². The fraction of sp³-hybridized carbons (Fsp3) is 0.625. The molecule has 0 spiro atoms. The van der Waals surface area contributed by atoms with E-state index in [4.69, 9.17) is 4.74 Å². The van der Waals surface area contributed by atoms with Gasteiger partial charge >= 0.3 is 0 Å². The third-order valence-electron chi connectivity index (χ3n) is 4.25. The first-order valence-electron chi connectivity index (χ1n) is 7.52. The summed E-state index contributed by atoms with van der Waals surface area (Å²) in [7, 11) is 1.54. The second kappa shape index (κ2) is 8.53. The van der Waals surface area contributed by atoms with Gasteiger partial charge in [-0.1, -0.05) is 29.8 Å². The molecule has 0 unspecified atom stereocenters. The zero-order valence-corrected chi connectivity index (χ0v) is 16.2. The van der Waals surface area contributed by atoms with E-state index in [1.54, 1.807) is 13.2 Å². The van der Waals surface area contributed by atoms with Crippen molar-refractivity contribution < 1.29 is 14.9 Å². The molecule has 0 aliphatic carbocycles. The summed E-state index contributed by atoms with van der Waals surface area (Å²) in [6.45, 7) is 7.65. The smallest absolute Gasteiger partial charge is 0.162 e. The third kappa shape index (κ3) is 4.51. The molecule has 0 bridgehead atoms. The SMILES string of the molecule is COc1cc(Br)cc([C@@H](N2CCNCC2)C(C)(C)CO)c1O.Cl. The minimum Gasteiger partial charge on any atom is -0.504 e. The van der Waals surface area contributed by atoms with Crippen LogP contribution in [0.5, 0.6) is 11.5 Å². The first-order chi connectivity index (χ1) is 10.4. The Morgan fingerprint density at radius 1 is 1.35 bits per heavy atom. The van der Waals surface area contributed by atoms with Gasteiger partial charge < -0.3 is 20.3 Å². The Bertz CT molecular complexity index is 522. The number of piperazine rings is 1. The lowest BCUT2D eigenvalue weighted by molar-refractivity contribution is 0.0291. The summed E-state index contributed by atoms with van der Waals surface area (Å²) in [5, 5.41) is 23.8. The van der Waals surface area contributed by atoms with Crippen LogP contribution in [-0.2, 0) is 0 Å². The third-order valence-corrected chi connectivity index (χ3v) is 4.71. The Morgan fingerprint density at radius 2 is 1.96 bits per heavy atom. The van der Waals surface area contributed by atoms with Gasteiger partial charge in [-0.2, -0.15) is 0 Å². The zero-order valence-electron chi connectivity index (χ0n) is 13.8. The Hall–Kier alpha value is -0.530. The molecule has 3 N–H and O–H groups in total. The molecule has 1 aromatic rings. The molecule has 1 aromatic carbocycles. The van der Waals surface area contributed by atoms with Crippen LogP contribution in [0.2, 0.25) is 0 Å². The van der Waals surface area contributed by atoms with Crippen molar-refractivity contribution in [3.63, 3.8) is 0 Å². The maximum absolute atomic E-state index is 10.6. The van der Waals surface area contributed by atoms with E-state index in [-0.39, 0.29) is 36.2 Å². The van der Waals surface area contributed by atoms with Crippen LogP contribution >= 0.6 is 28.3 Å². The Labute approximate surface area is 152 Å². The minimum atomic E-state index is -0.388. The molecule has 1 heterocycles. The highest BCUT2D eigenvalue weighted by molar-refractivity contribution is 9.10. The predicted octanol–water partition coefficient (Wildman–Crippen LogP) is 2.55. The molecule has 0 saturated carbocycles. The molecule has 23 heavy (non-hydrogen) atoms. The standard InChI is InChI=1S/C16H25BrN2O3.ClH/c1-16(2,10-20)15(19-6-4-18-5-7-19)12-8-11(17)9-13(22-3)14(12)21;/h8-9,15,18,20-21H,4-7,10H2,1-3H3;1H/t15-;/m1./s1. The van der Waals surface area contributed by atoms with Crippen LogP contribution in [-0.4, -0.2) is 55.0 Å². The monoisotopic (exact) mass is 408 g/mol. The molecule has 0 radical (unpaired) electrons. The summed E-state index contributed by atoms with van der Waals surface area (Å²) in [5.41, 5.74) is 0.396. The summed E-state index contributed by atoms with van der Waals surface area (Å²) in [6, 6.07) is 3.58. The van der Waals surface area contributed by atoms with Gasteiger partial charge in [0.15, 0.2) is 11.5 Å². The van der Waals surface area contributed by atoms with Gasteiger partial charge in [0.1, 0.15) is 0 Å². The minimum absolute atomic E-state index is 0. The van der Waals surface area contributed by atoms with Gasteiger partial charge in [0.05, 0.1) is 7.11 Å². The lowest BCUT2D eigenvalue weighted by Crippen LogP contribution is -2.49. The van der Waals surface area contributed by atoms with Crippen molar-refractivity contribution in [2.24, 2.45) is 5.41 Å². The molecule has 1 atom stereocenters. The number of benzene rings is 1. The summed E-state index contributed by atoms with van der Waals surface area (Å²) in [6.07, 6.45) is 0. The second-order valence-corrected chi connectivity index (χ2v) is 7.30. The molecule has 1 aliphatic rings. The number of aliphatic hydroxyl groups excluding tert-OH is 1. The molecule has 0 amide bonds. The van der Waals surface area contributed by atoms with Gasteiger partial charge in [0, 0.05) is 54.3 Å². The number of nitrogens with zero attached hydrogens (tertiary/aromatic N) is 1. The number of ether oxygens (including phenoxy) is 1. The number of rotatable bonds is 5. The summed E-state index contributed by atoms with van der Waals surface area (Å²) >= 11 is 3.48. The number of aliphatic hydroxyl groups is 1. The van der Waals surface area contributed by atoms with Crippen LogP contribution in [0, 0.1) is 5.41 Å². The average molecular weight is 410 g/mol. The van der Waals surface area contributed by atoms with Gasteiger partial charge in [0.2, 0.25) is 0 Å². The molecule has 1 saturated heterocycles. The molecule has 1 fully saturated rings. The van der Waals surface area contributed by atoms with Gasteiger partial charge in [0.25, 0.3) is 0 Å². The summed E-state index contributed by atoms with van der Waals surface area (Å²) < 4.78 is 6.13. The van der Waals surface area contributed by atoms with Crippen LogP contribution in [0.3, 0.4) is 0 Å². The molecular weight excluding hydrogens is 384 g/mol. The van der Waals surface area contributed by atoms with Gasteiger partial charge in [-0.15, -0.1) is 12.4 Å². The Kier molecular flexibility index (Phi) is 7.61. The normalized spacial score (nSPS) is 17.4. The maximum atomic E-state index is 10.6. The predicted molar refractivity (Wildman–Crippen MR) is 97.7 cm³/mol. The fourth-order valence-corrected chi connectivity index (χ4v) is 3.55. The van der Waals surface area contributed by atoms with Gasteiger partial charge in [-0.3, -0.25) is 4.90 Å². The highest BCUT2D eigenvalue weighted by Gasteiger charge is 2.38. The van der Waals surface area contributed by atoms with Crippen molar-refractivity contribution >= 4 is 28.3 Å². The molecule has 2 rings (SSSR count). The number of aromatic hydroxyl groups is 1. The molecule has 1 aliphatic heterocycles. The van der Waals surface area contributed by atoms with Crippen molar-refractivity contribution in [2.75, 3.05) is 39.9 Å². The van der Waals surface area contributed by atoms with Gasteiger partial charge in [-0.05, 0) is 12.1 Å². The van der Waals surface area contributed by atoms with Crippen LogP contribution in [0.25, 0.3) is 0 Å². The Balaban J connectivity index is 0.00000264. The highest BCUT2D eigenvalue weighted by atomic mass is 79.9. The number of hydrogen-bond acceptors (Lipinski definition) is 5. The molecule has 0 aromatic heterocycles. The zero-order chi connectivity index (χ0) is 16.3. The van der Waals surface area contributed by atoms with Crippen molar-refractivity contribution in [2.45, 2.75) is 19.9 Å². The number of phenols is 1. The quantitative estimate of drug-likeness (QED) is 0.697. The topological polar surface area (TPSA) is 65.0 Å². The number of halogens is 2. The lowest BCUT2D eigenvalue weighted by Gasteiger charge is -2.43. The summed E-state index contributed by atoms with van der Waals surface area (Å²) in [5.74, 6) is 0.592. The fourth-order valence-electron chi connectivity index (χ4n) is 3.10. The van der Waals surface area contributed by atoms with E-state index in [9.17, 15) is 10.2 Å². The highest BCUT2D eigenvalue weighted by Crippen LogP contribution is 2.46. The van der Waals surface area contributed by atoms with E-state index >= 15 is 0 Å². The Morgan fingerprint density at radius 3 is 2.48 bits per heavy atom. The largest absolute Gasteiger partial charge is 0.504 e. The number of hydrogen-bond donors (Lipinski definition) is 3. The van der Waals surface area contributed by atoms with Crippen molar-refractivity contribution in [1.82, 2.24) is 10.2 Å². The van der Waals surface area contributed by atoms with E-state index in [0.29, 0.717) is 5.75 Å². The van der Waals surface area contributed by atoms with Crippen LogP contribution in [0.15, 0.2) is 16.6 Å². The molecule has 132 valence electrons. The van der Waals surface area contributed by atoms with Crippen LogP contribution in [0.4, 0.5) is 0 Å². The lowest BCUT2D eigenvalue weighted by atomic mass is 9.79. The van der Waals surface area contributed by atoms with Gasteiger partial charge in [-0.25, -0.2) is 0 Å². The first kappa shape index (κ1) is 20.5. The van der Waals surface area contributed by atoms with Crippen molar-refractivity contribution in [3.05, 3.63) is 22.2 Å². The second-order valence-electron chi connectivity index (χ2n) is 6.38. The number of phenolic OH excluding ortho intramolecular Hbond substituents is 1. The molecular formula is C16H26BrClN2O3. The van der Waals surface area contributed by atoms with E-state index in [1.807, 2.05) is 19.9 Å². The van der Waals surface area contributed by atoms with Crippen LogP contribution < -0.4 is 10.1 Å².